The van der Waals surface area contributed by atoms with Gasteiger partial charge < -0.3 is 15.5 Å². The number of carbonyl (C=O) groups is 1. The Labute approximate surface area is 162 Å². The van der Waals surface area contributed by atoms with Crippen molar-refractivity contribution >= 4 is 11.9 Å². The summed E-state index contributed by atoms with van der Waals surface area (Å²) in [5, 5.41) is 6.76. The van der Waals surface area contributed by atoms with Crippen molar-refractivity contribution in [2.75, 3.05) is 39.3 Å². The third-order valence-corrected chi connectivity index (χ3v) is 5.62. The molecule has 1 aromatic rings. The first kappa shape index (κ1) is 18.3. The Kier molecular flexibility index (Phi) is 5.62. The minimum Gasteiger partial charge on any atom is -0.353 e. The first-order chi connectivity index (χ1) is 13.2. The maximum absolute atomic E-state index is 12.0. The van der Waals surface area contributed by atoms with Crippen LogP contribution in [-0.2, 0) is 4.79 Å². The molecule has 1 amide bonds. The number of benzene rings is 1. The number of amides is 1. The molecule has 3 fully saturated rings. The molecule has 2 unspecified atom stereocenters. The third-order valence-electron chi connectivity index (χ3n) is 5.62. The highest BCUT2D eigenvalue weighted by atomic mass is 16.2. The summed E-state index contributed by atoms with van der Waals surface area (Å²) in [6.45, 7) is 7.06. The number of nitrogens with zero attached hydrogens (tertiary/aromatic N) is 3. The Morgan fingerprint density at radius 3 is 2.52 bits per heavy atom. The van der Waals surface area contributed by atoms with E-state index in [1.807, 2.05) is 0 Å². The van der Waals surface area contributed by atoms with Gasteiger partial charge in [-0.25, -0.2) is 0 Å². The second-order valence-electron chi connectivity index (χ2n) is 7.91. The first-order valence-electron chi connectivity index (χ1n) is 10.4. The molecule has 2 saturated carbocycles. The maximum atomic E-state index is 12.0. The smallest absolute Gasteiger partial charge is 0.234 e. The fraction of sp³-hybridized carbons (Fsp3) is 0.619. The Hall–Kier alpha value is -2.08. The van der Waals surface area contributed by atoms with Gasteiger partial charge in [-0.2, -0.15) is 0 Å². The van der Waals surface area contributed by atoms with Crippen molar-refractivity contribution in [1.82, 2.24) is 20.4 Å². The van der Waals surface area contributed by atoms with Crippen LogP contribution in [-0.4, -0.2) is 73.0 Å². The lowest BCUT2D eigenvalue weighted by atomic mass is 10.1. The number of nitrogens with one attached hydrogen (secondary N) is 2. The molecule has 1 heterocycles. The van der Waals surface area contributed by atoms with E-state index >= 15 is 0 Å². The van der Waals surface area contributed by atoms with Gasteiger partial charge in [0.05, 0.1) is 6.54 Å². The molecular weight excluding hydrogens is 338 g/mol. The van der Waals surface area contributed by atoms with E-state index in [9.17, 15) is 4.79 Å². The zero-order chi connectivity index (χ0) is 18.6. The molecule has 1 aromatic carbocycles. The molecule has 3 aliphatic rings. The van der Waals surface area contributed by atoms with E-state index in [4.69, 9.17) is 4.99 Å². The summed E-state index contributed by atoms with van der Waals surface area (Å²) >= 11 is 0. The van der Waals surface area contributed by atoms with E-state index in [0.717, 1.165) is 51.5 Å². The highest BCUT2D eigenvalue weighted by Gasteiger charge is 2.39. The monoisotopic (exact) mass is 369 g/mol. The van der Waals surface area contributed by atoms with Gasteiger partial charge in [0.25, 0.3) is 0 Å². The van der Waals surface area contributed by atoms with E-state index in [2.05, 4.69) is 57.7 Å². The SMILES string of the molecule is CCN=C(NC1CC1c1ccccc1)N1CCN(CC(=O)NC2CC2)CC1. The van der Waals surface area contributed by atoms with Crippen molar-refractivity contribution in [1.29, 1.82) is 0 Å². The summed E-state index contributed by atoms with van der Waals surface area (Å²) in [6, 6.07) is 11.7. The van der Waals surface area contributed by atoms with Crippen LogP contribution < -0.4 is 10.6 Å². The average Bonchev–Trinajstić information content (AvgIpc) is 3.60. The standard InChI is InChI=1S/C21H31N5O/c1-2-22-21(24-19-14-18(19)16-6-4-3-5-7-16)26-12-10-25(11-13-26)15-20(27)23-17-8-9-17/h3-7,17-19H,2,8-15H2,1H3,(H,22,24)(H,23,27). The number of rotatable bonds is 6. The van der Waals surface area contributed by atoms with Crippen LogP contribution in [0.5, 0.6) is 0 Å². The summed E-state index contributed by atoms with van der Waals surface area (Å²) in [4.78, 5) is 21.3. The Balaban J connectivity index is 1.25. The van der Waals surface area contributed by atoms with E-state index in [1.165, 1.54) is 12.0 Å². The van der Waals surface area contributed by atoms with Gasteiger partial charge in [-0.15, -0.1) is 0 Å². The van der Waals surface area contributed by atoms with Gasteiger partial charge in [0, 0.05) is 50.7 Å². The van der Waals surface area contributed by atoms with Crippen LogP contribution in [0.25, 0.3) is 0 Å². The molecule has 1 saturated heterocycles. The molecule has 2 atom stereocenters. The van der Waals surface area contributed by atoms with Gasteiger partial charge in [-0.3, -0.25) is 14.7 Å². The average molecular weight is 370 g/mol. The normalized spacial score (nSPS) is 26.0. The van der Waals surface area contributed by atoms with Crippen molar-refractivity contribution in [3.8, 4) is 0 Å². The van der Waals surface area contributed by atoms with Crippen LogP contribution in [0.3, 0.4) is 0 Å². The summed E-state index contributed by atoms with van der Waals surface area (Å²) in [6.07, 6.45) is 3.47. The highest BCUT2D eigenvalue weighted by molar-refractivity contribution is 5.81. The maximum Gasteiger partial charge on any atom is 0.234 e. The van der Waals surface area contributed by atoms with E-state index in [1.54, 1.807) is 0 Å². The minimum atomic E-state index is 0.176. The second-order valence-corrected chi connectivity index (χ2v) is 7.91. The molecule has 27 heavy (non-hydrogen) atoms. The number of guanidine groups is 1. The lowest BCUT2D eigenvalue weighted by Crippen LogP contribution is -2.54. The predicted molar refractivity (Wildman–Crippen MR) is 108 cm³/mol. The van der Waals surface area contributed by atoms with Gasteiger partial charge in [0.15, 0.2) is 5.96 Å². The lowest BCUT2D eigenvalue weighted by Gasteiger charge is -2.36. The van der Waals surface area contributed by atoms with Crippen molar-refractivity contribution in [3.63, 3.8) is 0 Å². The molecule has 0 radical (unpaired) electrons. The molecule has 146 valence electrons. The molecule has 0 bridgehead atoms. The molecule has 1 aliphatic heterocycles. The Morgan fingerprint density at radius 2 is 1.85 bits per heavy atom. The number of hydrogen-bond acceptors (Lipinski definition) is 3. The van der Waals surface area contributed by atoms with Gasteiger partial charge in [-0.1, -0.05) is 30.3 Å². The van der Waals surface area contributed by atoms with Crippen molar-refractivity contribution in [2.24, 2.45) is 4.99 Å². The van der Waals surface area contributed by atoms with Gasteiger partial charge >= 0.3 is 0 Å². The van der Waals surface area contributed by atoms with E-state index in [0.29, 0.717) is 24.5 Å². The number of piperazine rings is 1. The molecule has 6 nitrogen and oxygen atoms in total. The molecule has 2 N–H and O–H groups in total. The summed E-state index contributed by atoms with van der Waals surface area (Å²) < 4.78 is 0. The third kappa shape index (κ3) is 5.01. The van der Waals surface area contributed by atoms with Crippen LogP contribution in [0.15, 0.2) is 35.3 Å². The van der Waals surface area contributed by atoms with Crippen molar-refractivity contribution < 1.29 is 4.79 Å². The molecule has 6 heteroatoms. The fourth-order valence-corrected chi connectivity index (χ4v) is 3.80. The lowest BCUT2D eigenvalue weighted by molar-refractivity contribution is -0.122. The Bertz CT molecular complexity index is 664. The molecular formula is C21H31N5O. The molecule has 4 rings (SSSR count). The topological polar surface area (TPSA) is 60.0 Å². The van der Waals surface area contributed by atoms with Gasteiger partial charge in [0.2, 0.25) is 5.91 Å². The van der Waals surface area contributed by atoms with Crippen LogP contribution in [0.4, 0.5) is 0 Å². The van der Waals surface area contributed by atoms with E-state index < -0.39 is 0 Å². The second kappa shape index (κ2) is 8.30. The number of hydrogen-bond donors (Lipinski definition) is 2. The van der Waals surface area contributed by atoms with Crippen LogP contribution in [0, 0.1) is 0 Å². The summed E-state index contributed by atoms with van der Waals surface area (Å²) in [5.41, 5.74) is 1.41. The number of aliphatic imine (C=N–C) groups is 1. The molecule has 0 aromatic heterocycles. The molecule has 2 aliphatic carbocycles. The highest BCUT2D eigenvalue weighted by Crippen LogP contribution is 2.40. The quantitative estimate of drug-likeness (QED) is 0.588. The predicted octanol–water partition coefficient (Wildman–Crippen LogP) is 1.40. The summed E-state index contributed by atoms with van der Waals surface area (Å²) in [5.74, 6) is 1.80. The minimum absolute atomic E-state index is 0.176. The van der Waals surface area contributed by atoms with E-state index in [-0.39, 0.29) is 5.91 Å². The largest absolute Gasteiger partial charge is 0.353 e. The van der Waals surface area contributed by atoms with Crippen molar-refractivity contribution in [3.05, 3.63) is 35.9 Å². The van der Waals surface area contributed by atoms with Crippen LogP contribution in [0.1, 0.15) is 37.7 Å². The van der Waals surface area contributed by atoms with Gasteiger partial charge in [-0.05, 0) is 31.7 Å². The van der Waals surface area contributed by atoms with Crippen LogP contribution in [0.2, 0.25) is 0 Å². The van der Waals surface area contributed by atoms with Crippen molar-refractivity contribution in [2.45, 2.75) is 44.2 Å². The zero-order valence-electron chi connectivity index (χ0n) is 16.2. The number of carbonyl (C=O) groups excluding carboxylic acids is 1. The zero-order valence-corrected chi connectivity index (χ0v) is 16.2. The first-order valence-corrected chi connectivity index (χ1v) is 10.4. The fourth-order valence-electron chi connectivity index (χ4n) is 3.80. The molecule has 0 spiro atoms. The summed E-state index contributed by atoms with van der Waals surface area (Å²) in [7, 11) is 0. The Morgan fingerprint density at radius 1 is 1.11 bits per heavy atom. The van der Waals surface area contributed by atoms with Gasteiger partial charge in [0.1, 0.15) is 0 Å². The van der Waals surface area contributed by atoms with Crippen LogP contribution >= 0.6 is 0 Å².